The van der Waals surface area contributed by atoms with Crippen LogP contribution in [-0.4, -0.2) is 20.7 Å². The number of aryl methyl sites for hydroxylation is 2. The SMILES string of the molecule is Cc1ccc(C(=O)Nc2ccc(Cl)c(Cl)c2)cc1C#Cc1cc(-c2cnn(C)c2)cnc1N. The van der Waals surface area contributed by atoms with Crippen molar-refractivity contribution in [2.24, 2.45) is 7.05 Å². The number of amides is 1. The largest absolute Gasteiger partial charge is 0.383 e. The standard InChI is InChI=1S/C25H19Cl2N5O/c1-15-3-4-18(25(33)31-21-7-8-22(26)23(27)11-21)9-16(15)5-6-17-10-19(12-29-24(17)28)20-13-30-32(2)14-20/h3-4,7-14H,1-2H3,(H2,28,29)(H,31,33). The van der Waals surface area contributed by atoms with Crippen LogP contribution in [0.3, 0.4) is 0 Å². The number of anilines is 2. The summed E-state index contributed by atoms with van der Waals surface area (Å²) in [6, 6.07) is 12.1. The zero-order valence-corrected chi connectivity index (χ0v) is 19.4. The molecule has 1 amide bonds. The van der Waals surface area contributed by atoms with Crippen molar-refractivity contribution < 1.29 is 4.79 Å². The fraction of sp³-hybridized carbons (Fsp3) is 0.0800. The number of pyridine rings is 1. The molecule has 3 N–H and O–H groups in total. The lowest BCUT2D eigenvalue weighted by Crippen LogP contribution is -2.12. The molecule has 0 atom stereocenters. The number of aromatic nitrogens is 3. The van der Waals surface area contributed by atoms with Gasteiger partial charge >= 0.3 is 0 Å². The second-order valence-electron chi connectivity index (χ2n) is 7.42. The van der Waals surface area contributed by atoms with E-state index in [0.29, 0.717) is 38.2 Å². The lowest BCUT2D eigenvalue weighted by molar-refractivity contribution is 0.102. The van der Waals surface area contributed by atoms with Gasteiger partial charge in [-0.15, -0.1) is 0 Å². The van der Waals surface area contributed by atoms with Gasteiger partial charge in [-0.1, -0.05) is 41.1 Å². The summed E-state index contributed by atoms with van der Waals surface area (Å²) in [5.74, 6) is 6.26. The molecular weight excluding hydrogens is 457 g/mol. The van der Waals surface area contributed by atoms with Crippen LogP contribution in [0.2, 0.25) is 10.0 Å². The molecular formula is C25H19Cl2N5O. The second kappa shape index (κ2) is 9.37. The number of benzene rings is 2. The van der Waals surface area contributed by atoms with Crippen molar-refractivity contribution in [3.63, 3.8) is 0 Å². The molecule has 2 heterocycles. The van der Waals surface area contributed by atoms with E-state index < -0.39 is 0 Å². The van der Waals surface area contributed by atoms with E-state index in [2.05, 4.69) is 27.2 Å². The van der Waals surface area contributed by atoms with Crippen molar-refractivity contribution in [3.05, 3.63) is 93.4 Å². The zero-order valence-electron chi connectivity index (χ0n) is 17.9. The molecule has 0 aliphatic heterocycles. The van der Waals surface area contributed by atoms with Crippen LogP contribution in [0.15, 0.2) is 61.1 Å². The van der Waals surface area contributed by atoms with E-state index in [1.807, 2.05) is 32.3 Å². The Balaban J connectivity index is 1.61. The van der Waals surface area contributed by atoms with Crippen LogP contribution in [0.1, 0.15) is 27.0 Å². The first-order valence-electron chi connectivity index (χ1n) is 9.94. The third-order valence-electron chi connectivity index (χ3n) is 4.97. The molecule has 6 nitrogen and oxygen atoms in total. The molecule has 0 fully saturated rings. The number of carbonyl (C=O) groups is 1. The molecule has 0 spiro atoms. The van der Waals surface area contributed by atoms with Crippen molar-refractivity contribution in [2.75, 3.05) is 11.1 Å². The van der Waals surface area contributed by atoms with Crippen LogP contribution in [0.25, 0.3) is 11.1 Å². The highest BCUT2D eigenvalue weighted by Crippen LogP contribution is 2.25. The Morgan fingerprint density at radius 2 is 1.79 bits per heavy atom. The minimum Gasteiger partial charge on any atom is -0.383 e. The number of nitrogens with zero attached hydrogens (tertiary/aromatic N) is 3. The summed E-state index contributed by atoms with van der Waals surface area (Å²) in [4.78, 5) is 17.0. The fourth-order valence-electron chi connectivity index (χ4n) is 3.11. The monoisotopic (exact) mass is 475 g/mol. The molecule has 0 radical (unpaired) electrons. The Labute approximate surface area is 201 Å². The van der Waals surface area contributed by atoms with Crippen LogP contribution >= 0.6 is 23.2 Å². The summed E-state index contributed by atoms with van der Waals surface area (Å²) < 4.78 is 1.72. The third-order valence-corrected chi connectivity index (χ3v) is 5.70. The molecule has 2 aromatic carbocycles. The molecule has 0 bridgehead atoms. The minimum absolute atomic E-state index is 0.281. The zero-order chi connectivity index (χ0) is 23.5. The summed E-state index contributed by atoms with van der Waals surface area (Å²) >= 11 is 12.0. The first kappa shape index (κ1) is 22.4. The lowest BCUT2D eigenvalue weighted by atomic mass is 10.0. The number of halogens is 2. The average molecular weight is 476 g/mol. The van der Waals surface area contributed by atoms with Gasteiger partial charge in [-0.2, -0.15) is 5.10 Å². The van der Waals surface area contributed by atoms with Crippen molar-refractivity contribution >= 4 is 40.6 Å². The molecule has 164 valence electrons. The number of carbonyl (C=O) groups excluding carboxylic acids is 1. The predicted octanol–water partition coefficient (Wildman–Crippen LogP) is 5.33. The first-order valence-corrected chi connectivity index (χ1v) is 10.7. The maximum absolute atomic E-state index is 12.7. The van der Waals surface area contributed by atoms with E-state index in [1.165, 1.54) is 0 Å². The molecule has 2 aromatic heterocycles. The van der Waals surface area contributed by atoms with E-state index in [9.17, 15) is 4.79 Å². The first-order chi connectivity index (χ1) is 15.8. The van der Waals surface area contributed by atoms with E-state index in [0.717, 1.165) is 16.7 Å². The van der Waals surface area contributed by atoms with E-state index in [1.54, 1.807) is 47.4 Å². The minimum atomic E-state index is -0.281. The molecule has 0 aliphatic rings. The van der Waals surface area contributed by atoms with Gasteiger partial charge in [-0.05, 0) is 48.9 Å². The molecule has 0 saturated carbocycles. The maximum atomic E-state index is 12.7. The molecule has 4 aromatic rings. The van der Waals surface area contributed by atoms with Gasteiger partial charge in [0.1, 0.15) is 5.82 Å². The summed E-state index contributed by atoms with van der Waals surface area (Å²) in [6.45, 7) is 1.93. The maximum Gasteiger partial charge on any atom is 0.255 e. The molecule has 0 saturated heterocycles. The number of hydrogen-bond acceptors (Lipinski definition) is 4. The summed E-state index contributed by atoms with van der Waals surface area (Å²) in [6.07, 6.45) is 5.34. The Morgan fingerprint density at radius 1 is 1.00 bits per heavy atom. The number of nitrogens with one attached hydrogen (secondary N) is 1. The predicted molar refractivity (Wildman–Crippen MR) is 132 cm³/mol. The van der Waals surface area contributed by atoms with Gasteiger partial charge in [0.25, 0.3) is 5.91 Å². The van der Waals surface area contributed by atoms with Crippen LogP contribution in [0.5, 0.6) is 0 Å². The Morgan fingerprint density at radius 3 is 2.52 bits per heavy atom. The van der Waals surface area contributed by atoms with E-state index in [4.69, 9.17) is 28.9 Å². The molecule has 0 unspecified atom stereocenters. The quantitative estimate of drug-likeness (QED) is 0.392. The van der Waals surface area contributed by atoms with Crippen molar-refractivity contribution in [1.29, 1.82) is 0 Å². The molecule has 33 heavy (non-hydrogen) atoms. The number of rotatable bonds is 3. The van der Waals surface area contributed by atoms with Crippen molar-refractivity contribution in [1.82, 2.24) is 14.8 Å². The Hall–Kier alpha value is -3.79. The summed E-state index contributed by atoms with van der Waals surface area (Å²) in [5, 5.41) is 7.79. The van der Waals surface area contributed by atoms with E-state index in [-0.39, 0.29) is 5.91 Å². The number of nitrogens with two attached hydrogens (primary N) is 1. The lowest BCUT2D eigenvalue weighted by Gasteiger charge is -2.08. The van der Waals surface area contributed by atoms with Crippen molar-refractivity contribution in [2.45, 2.75) is 6.92 Å². The molecule has 8 heteroatoms. The van der Waals surface area contributed by atoms with Gasteiger partial charge in [0.15, 0.2) is 0 Å². The highest BCUT2D eigenvalue weighted by molar-refractivity contribution is 6.42. The fourth-order valence-corrected chi connectivity index (χ4v) is 3.41. The molecule has 4 rings (SSSR count). The van der Waals surface area contributed by atoms with Gasteiger partial charge in [0.2, 0.25) is 0 Å². The van der Waals surface area contributed by atoms with Crippen molar-refractivity contribution in [3.8, 4) is 23.0 Å². The van der Waals surface area contributed by atoms with E-state index >= 15 is 0 Å². The topological polar surface area (TPSA) is 85.8 Å². The Bertz CT molecular complexity index is 1430. The highest BCUT2D eigenvalue weighted by atomic mass is 35.5. The summed E-state index contributed by atoms with van der Waals surface area (Å²) in [5.41, 5.74) is 11.1. The van der Waals surface area contributed by atoms with Crippen LogP contribution in [0, 0.1) is 18.8 Å². The van der Waals surface area contributed by atoms with Crippen LogP contribution < -0.4 is 11.1 Å². The van der Waals surface area contributed by atoms with Gasteiger partial charge in [-0.3, -0.25) is 9.48 Å². The molecule has 0 aliphatic carbocycles. The smallest absolute Gasteiger partial charge is 0.255 e. The normalized spacial score (nSPS) is 10.4. The Kier molecular flexibility index (Phi) is 6.36. The van der Waals surface area contributed by atoms with Gasteiger partial charge in [0, 0.05) is 47.4 Å². The van der Waals surface area contributed by atoms with Gasteiger partial charge in [0.05, 0.1) is 21.8 Å². The van der Waals surface area contributed by atoms with Gasteiger partial charge in [-0.25, -0.2) is 4.98 Å². The average Bonchev–Trinajstić information content (AvgIpc) is 3.23. The summed E-state index contributed by atoms with van der Waals surface area (Å²) in [7, 11) is 1.85. The van der Waals surface area contributed by atoms with Crippen LogP contribution in [0.4, 0.5) is 11.5 Å². The highest BCUT2D eigenvalue weighted by Gasteiger charge is 2.10. The van der Waals surface area contributed by atoms with Crippen LogP contribution in [-0.2, 0) is 7.05 Å². The third kappa shape index (κ3) is 5.17. The van der Waals surface area contributed by atoms with Gasteiger partial charge < -0.3 is 11.1 Å². The second-order valence-corrected chi connectivity index (χ2v) is 8.24. The number of hydrogen-bond donors (Lipinski definition) is 2. The number of nitrogen functional groups attached to an aromatic ring is 1.